The van der Waals surface area contributed by atoms with Crippen LogP contribution in [0.25, 0.3) is 0 Å². The Balaban J connectivity index is 0.00000392. The van der Waals surface area contributed by atoms with Crippen molar-refractivity contribution in [3.63, 3.8) is 0 Å². The van der Waals surface area contributed by atoms with E-state index in [4.69, 9.17) is 9.47 Å². The van der Waals surface area contributed by atoms with Gasteiger partial charge in [-0.1, -0.05) is 32.0 Å². The van der Waals surface area contributed by atoms with Crippen LogP contribution in [0.3, 0.4) is 0 Å². The molecule has 2 rings (SSSR count). The SMILES string of the molecule is CCC(C)Oc1ccc(PC(=O)c2c(C)cccc2C)c(OC(C)CC)c1.[H-].[Li+]. The number of benzene rings is 2. The summed E-state index contributed by atoms with van der Waals surface area (Å²) in [6.45, 7) is 12.3. The van der Waals surface area contributed by atoms with Crippen molar-refractivity contribution in [2.75, 3.05) is 0 Å². The maximum Gasteiger partial charge on any atom is 1.00 e. The van der Waals surface area contributed by atoms with E-state index < -0.39 is 0 Å². The van der Waals surface area contributed by atoms with E-state index in [1.807, 2.05) is 57.2 Å². The zero-order valence-electron chi connectivity index (χ0n) is 19.3. The molecule has 0 saturated heterocycles. The molecule has 3 unspecified atom stereocenters. The number of hydrogen-bond donors (Lipinski definition) is 0. The Labute approximate surface area is 185 Å². The molecule has 0 aliphatic carbocycles. The molecular weight excluding hydrogens is 362 g/mol. The zero-order valence-corrected chi connectivity index (χ0v) is 19.3. The smallest absolute Gasteiger partial charge is 1.00 e. The molecule has 0 aromatic heterocycles. The molecule has 2 aromatic rings. The third kappa shape index (κ3) is 6.66. The number of carbonyl (C=O) groups excluding carboxylic acids is 1. The van der Waals surface area contributed by atoms with Crippen molar-refractivity contribution >= 4 is 19.4 Å². The molecule has 3 nitrogen and oxygen atoms in total. The molecule has 2 aromatic carbocycles. The average Bonchev–Trinajstić information content (AvgIpc) is 2.63. The van der Waals surface area contributed by atoms with Crippen LogP contribution in [0, 0.1) is 13.8 Å². The van der Waals surface area contributed by atoms with Crippen LogP contribution in [0.2, 0.25) is 0 Å². The molecule has 0 N–H and O–H groups in total. The van der Waals surface area contributed by atoms with E-state index in [2.05, 4.69) is 20.8 Å². The quantitative estimate of drug-likeness (QED) is 0.485. The Morgan fingerprint density at radius 2 is 1.57 bits per heavy atom. The van der Waals surface area contributed by atoms with Crippen LogP contribution in [0.1, 0.15) is 63.4 Å². The van der Waals surface area contributed by atoms with E-state index in [0.717, 1.165) is 46.3 Å². The number of ether oxygens (including phenoxy) is 2. The summed E-state index contributed by atoms with van der Waals surface area (Å²) >= 11 is 0. The maximum atomic E-state index is 13.0. The summed E-state index contributed by atoms with van der Waals surface area (Å²) in [6.07, 6.45) is 2.08. The molecule has 5 heteroatoms. The Bertz CT molecular complexity index is 777. The molecule has 0 bridgehead atoms. The first-order valence-corrected chi connectivity index (χ1v) is 10.7. The molecule has 28 heavy (non-hydrogen) atoms. The van der Waals surface area contributed by atoms with Crippen LogP contribution >= 0.6 is 8.58 Å². The Morgan fingerprint density at radius 3 is 2.14 bits per heavy atom. The van der Waals surface area contributed by atoms with Gasteiger partial charge in [-0.25, -0.2) is 0 Å². The Hall–Kier alpha value is -1.26. The van der Waals surface area contributed by atoms with E-state index in [0.29, 0.717) is 0 Å². The molecule has 0 aliphatic heterocycles. The maximum absolute atomic E-state index is 13.0. The van der Waals surface area contributed by atoms with Crippen LogP contribution < -0.4 is 33.6 Å². The number of carbonyl (C=O) groups is 1. The summed E-state index contributed by atoms with van der Waals surface area (Å²) in [7, 11) is 0.0213. The Kier molecular flexibility index (Phi) is 10.3. The summed E-state index contributed by atoms with van der Waals surface area (Å²) < 4.78 is 12.1. The minimum Gasteiger partial charge on any atom is -1.00 e. The standard InChI is InChI=1S/C23H31O3P.Li.H/c1-7-17(5)25-19-12-13-21(20(14-19)26-18(6)8-2)27-23(24)22-15(3)10-9-11-16(22)4;;/h9-14,17-18,27H,7-8H2,1-6H3;;/q;+1;-1. The minimum absolute atomic E-state index is 0. The molecular formula is C23H32LiO3P. The van der Waals surface area contributed by atoms with Gasteiger partial charge in [0.1, 0.15) is 11.5 Å². The van der Waals surface area contributed by atoms with Crippen molar-refractivity contribution in [1.29, 1.82) is 0 Å². The van der Waals surface area contributed by atoms with Crippen molar-refractivity contribution in [1.82, 2.24) is 0 Å². The van der Waals surface area contributed by atoms with E-state index in [-0.39, 0.29) is 46.6 Å². The van der Waals surface area contributed by atoms with Gasteiger partial charge in [0.2, 0.25) is 0 Å². The van der Waals surface area contributed by atoms with E-state index in [1.165, 1.54) is 0 Å². The van der Waals surface area contributed by atoms with Gasteiger partial charge < -0.3 is 10.9 Å². The number of rotatable bonds is 9. The first kappa shape index (κ1) is 24.8. The molecule has 0 heterocycles. The fraction of sp³-hybridized carbons (Fsp3) is 0.435. The van der Waals surface area contributed by atoms with Crippen molar-refractivity contribution in [2.45, 2.75) is 66.6 Å². The van der Waals surface area contributed by atoms with Crippen LogP contribution in [-0.2, 0) is 0 Å². The predicted molar refractivity (Wildman–Crippen MR) is 117 cm³/mol. The van der Waals surface area contributed by atoms with Gasteiger partial charge >= 0.3 is 18.9 Å². The second-order valence-corrected chi connectivity index (χ2v) is 8.30. The molecule has 0 aliphatic rings. The molecule has 0 radical (unpaired) electrons. The van der Waals surface area contributed by atoms with Gasteiger partial charge in [0.25, 0.3) is 0 Å². The summed E-state index contributed by atoms with van der Waals surface area (Å²) in [5.41, 5.74) is 3.02. The van der Waals surface area contributed by atoms with Crippen LogP contribution in [-0.4, -0.2) is 17.7 Å². The van der Waals surface area contributed by atoms with Crippen LogP contribution in [0.15, 0.2) is 36.4 Å². The Morgan fingerprint density at radius 1 is 1.00 bits per heavy atom. The van der Waals surface area contributed by atoms with Crippen molar-refractivity contribution in [3.05, 3.63) is 53.1 Å². The fourth-order valence-corrected chi connectivity index (χ4v) is 3.93. The molecule has 148 valence electrons. The summed E-state index contributed by atoms with van der Waals surface area (Å²) in [4.78, 5) is 13.0. The summed E-state index contributed by atoms with van der Waals surface area (Å²) in [5.74, 6) is 1.54. The van der Waals surface area contributed by atoms with Gasteiger partial charge in [-0.2, -0.15) is 0 Å². The van der Waals surface area contributed by atoms with Gasteiger partial charge in [-0.15, -0.1) is 0 Å². The van der Waals surface area contributed by atoms with Crippen LogP contribution in [0.4, 0.5) is 0 Å². The van der Waals surface area contributed by atoms with E-state index >= 15 is 0 Å². The predicted octanol–water partition coefficient (Wildman–Crippen LogP) is 2.92. The second kappa shape index (κ2) is 11.7. The first-order chi connectivity index (χ1) is 12.8. The topological polar surface area (TPSA) is 35.5 Å². The third-order valence-electron chi connectivity index (χ3n) is 4.72. The molecule has 0 saturated carbocycles. The molecule has 0 amide bonds. The fourth-order valence-electron chi connectivity index (χ4n) is 2.75. The molecule has 0 fully saturated rings. The van der Waals surface area contributed by atoms with Crippen LogP contribution in [0.5, 0.6) is 11.5 Å². The van der Waals surface area contributed by atoms with Gasteiger partial charge in [0.05, 0.1) is 12.2 Å². The van der Waals surface area contributed by atoms with Crippen molar-refractivity contribution in [2.24, 2.45) is 0 Å². The third-order valence-corrected chi connectivity index (χ3v) is 5.88. The first-order valence-electron chi connectivity index (χ1n) is 9.70. The molecule has 0 spiro atoms. The minimum atomic E-state index is 0. The van der Waals surface area contributed by atoms with Crippen molar-refractivity contribution in [3.8, 4) is 11.5 Å². The number of hydrogen-bond acceptors (Lipinski definition) is 3. The largest absolute Gasteiger partial charge is 1.00 e. The summed E-state index contributed by atoms with van der Waals surface area (Å²) in [6, 6.07) is 11.8. The van der Waals surface area contributed by atoms with E-state index in [1.54, 1.807) is 0 Å². The van der Waals surface area contributed by atoms with Gasteiger partial charge in [0, 0.05) is 16.9 Å². The van der Waals surface area contributed by atoms with E-state index in [9.17, 15) is 4.79 Å². The number of aryl methyl sites for hydroxylation is 2. The van der Waals surface area contributed by atoms with Gasteiger partial charge in [-0.3, -0.25) is 4.79 Å². The monoisotopic (exact) mass is 394 g/mol. The zero-order chi connectivity index (χ0) is 20.0. The normalized spacial score (nSPS) is 13.1. The van der Waals surface area contributed by atoms with Gasteiger partial charge in [0.15, 0.2) is 5.52 Å². The average molecular weight is 394 g/mol. The summed E-state index contributed by atoms with van der Waals surface area (Å²) in [5, 5.41) is 0.930. The molecule has 3 atom stereocenters. The van der Waals surface area contributed by atoms with Gasteiger partial charge in [-0.05, 0) is 72.4 Å². The van der Waals surface area contributed by atoms with Crippen molar-refractivity contribution < 1.29 is 34.6 Å². The second-order valence-electron chi connectivity index (χ2n) is 7.05.